The molecule has 1 aliphatic heterocycles. The van der Waals surface area contributed by atoms with Gasteiger partial charge in [0.1, 0.15) is 6.04 Å². The molecule has 4 nitrogen and oxygen atoms in total. The lowest BCUT2D eigenvalue weighted by Gasteiger charge is -2.24. The van der Waals surface area contributed by atoms with Gasteiger partial charge >= 0.3 is 5.97 Å². The van der Waals surface area contributed by atoms with Crippen molar-refractivity contribution in [1.82, 2.24) is 5.32 Å². The molecule has 0 amide bonds. The van der Waals surface area contributed by atoms with E-state index in [0.29, 0.717) is 13.0 Å². The molecule has 4 heteroatoms. The van der Waals surface area contributed by atoms with E-state index in [1.165, 1.54) is 0 Å². The number of aliphatic carboxylic acids is 1. The average Bonchev–Trinajstić information content (AvgIpc) is 1.88. The first-order chi connectivity index (χ1) is 4.72. The van der Waals surface area contributed by atoms with E-state index in [9.17, 15) is 4.79 Å². The van der Waals surface area contributed by atoms with Crippen LogP contribution in [0.1, 0.15) is 12.8 Å². The minimum Gasteiger partial charge on any atom is -0.480 e. The molecule has 0 bridgehead atoms. The lowest BCUT2D eigenvalue weighted by atomic mass is 10.0. The van der Waals surface area contributed by atoms with Crippen LogP contribution in [0.5, 0.6) is 0 Å². The molecule has 1 heterocycles. The Hall–Kier alpha value is -0.610. The summed E-state index contributed by atoms with van der Waals surface area (Å²) in [4.78, 5) is 10.3. The Kier molecular flexibility index (Phi) is 2.24. The second-order valence-corrected chi connectivity index (χ2v) is 2.48. The number of rotatable bonds is 1. The Morgan fingerprint density at radius 3 is 2.70 bits per heavy atom. The fourth-order valence-electron chi connectivity index (χ4n) is 1.12. The van der Waals surface area contributed by atoms with Crippen molar-refractivity contribution in [2.45, 2.75) is 25.0 Å². The summed E-state index contributed by atoms with van der Waals surface area (Å²) in [5, 5.41) is 20.3. The van der Waals surface area contributed by atoms with Crippen LogP contribution in [-0.2, 0) is 4.79 Å². The van der Waals surface area contributed by atoms with E-state index in [-0.39, 0.29) is 0 Å². The summed E-state index contributed by atoms with van der Waals surface area (Å²) in [7, 11) is 0. The van der Waals surface area contributed by atoms with Gasteiger partial charge in [-0.2, -0.15) is 0 Å². The fourth-order valence-corrected chi connectivity index (χ4v) is 1.12. The fraction of sp³-hybridized carbons (Fsp3) is 0.833. The van der Waals surface area contributed by atoms with Gasteiger partial charge in [-0.1, -0.05) is 0 Å². The van der Waals surface area contributed by atoms with Crippen LogP contribution in [0, 0.1) is 0 Å². The van der Waals surface area contributed by atoms with Crippen LogP contribution in [0.3, 0.4) is 0 Å². The highest BCUT2D eigenvalue weighted by Crippen LogP contribution is 2.07. The quantitative estimate of drug-likeness (QED) is 0.451. The van der Waals surface area contributed by atoms with Crippen molar-refractivity contribution in [1.29, 1.82) is 0 Å². The smallest absolute Gasteiger partial charge is 0.323 e. The van der Waals surface area contributed by atoms with Gasteiger partial charge in [0.05, 0.1) is 6.10 Å². The SMILES string of the molecule is O=C(O)[C@H]1NCCC[C@H]1O. The molecule has 1 rings (SSSR count). The van der Waals surface area contributed by atoms with Crippen molar-refractivity contribution in [3.8, 4) is 0 Å². The lowest BCUT2D eigenvalue weighted by molar-refractivity contribution is -0.143. The van der Waals surface area contributed by atoms with Crippen molar-refractivity contribution >= 4 is 5.97 Å². The molecule has 0 aliphatic carbocycles. The summed E-state index contributed by atoms with van der Waals surface area (Å²) >= 11 is 0. The average molecular weight is 145 g/mol. The van der Waals surface area contributed by atoms with Crippen LogP contribution in [0.2, 0.25) is 0 Å². The molecule has 0 aromatic rings. The molecule has 3 N–H and O–H groups in total. The predicted octanol–water partition coefficient (Wildman–Crippen LogP) is -0.816. The molecule has 2 atom stereocenters. The van der Waals surface area contributed by atoms with Crippen molar-refractivity contribution in [3.05, 3.63) is 0 Å². The second-order valence-electron chi connectivity index (χ2n) is 2.48. The monoisotopic (exact) mass is 145 g/mol. The van der Waals surface area contributed by atoms with Gasteiger partial charge in [0.25, 0.3) is 0 Å². The number of carboxylic acid groups (broad SMARTS) is 1. The molecule has 1 saturated heterocycles. The molecule has 58 valence electrons. The van der Waals surface area contributed by atoms with E-state index in [1.807, 2.05) is 0 Å². The van der Waals surface area contributed by atoms with Gasteiger partial charge in [0.15, 0.2) is 0 Å². The van der Waals surface area contributed by atoms with Gasteiger partial charge in [-0.05, 0) is 19.4 Å². The van der Waals surface area contributed by atoms with Gasteiger partial charge in [0.2, 0.25) is 0 Å². The Balaban J connectivity index is 2.47. The van der Waals surface area contributed by atoms with Crippen LogP contribution in [0.15, 0.2) is 0 Å². The number of nitrogens with one attached hydrogen (secondary N) is 1. The van der Waals surface area contributed by atoms with Gasteiger partial charge in [-0.25, -0.2) is 0 Å². The van der Waals surface area contributed by atoms with E-state index < -0.39 is 18.1 Å². The summed E-state index contributed by atoms with van der Waals surface area (Å²) in [5.74, 6) is -0.966. The molecular weight excluding hydrogens is 134 g/mol. The van der Waals surface area contributed by atoms with E-state index in [0.717, 1.165) is 6.42 Å². The minimum absolute atomic E-state index is 0.587. The highest BCUT2D eigenvalue weighted by atomic mass is 16.4. The molecule has 0 aromatic carbocycles. The van der Waals surface area contributed by atoms with E-state index in [1.54, 1.807) is 0 Å². The molecule has 0 radical (unpaired) electrons. The van der Waals surface area contributed by atoms with Crippen LogP contribution < -0.4 is 5.32 Å². The van der Waals surface area contributed by atoms with Crippen LogP contribution >= 0.6 is 0 Å². The molecular formula is C6H11NO3. The number of carboxylic acids is 1. The summed E-state index contributed by atoms with van der Waals surface area (Å²) in [6.45, 7) is 0.689. The standard InChI is InChI=1S/C6H11NO3/c8-4-2-1-3-7-5(4)6(9)10/h4-5,7-8H,1-3H2,(H,9,10)/t4-,5+/m1/s1. The normalized spacial score (nSPS) is 33.7. The zero-order valence-corrected chi connectivity index (χ0v) is 5.58. The zero-order chi connectivity index (χ0) is 7.56. The first-order valence-corrected chi connectivity index (χ1v) is 3.36. The van der Waals surface area contributed by atoms with E-state index in [4.69, 9.17) is 10.2 Å². The largest absolute Gasteiger partial charge is 0.480 e. The van der Waals surface area contributed by atoms with Crippen molar-refractivity contribution in [2.24, 2.45) is 0 Å². The van der Waals surface area contributed by atoms with Crippen LogP contribution in [0.25, 0.3) is 0 Å². The van der Waals surface area contributed by atoms with Crippen molar-refractivity contribution in [2.75, 3.05) is 6.54 Å². The Labute approximate surface area is 58.9 Å². The molecule has 1 fully saturated rings. The summed E-state index contributed by atoms with van der Waals surface area (Å²) in [6, 6.07) is -0.756. The van der Waals surface area contributed by atoms with Crippen LogP contribution in [0.4, 0.5) is 0 Å². The van der Waals surface area contributed by atoms with Gasteiger partial charge in [-0.15, -0.1) is 0 Å². The van der Waals surface area contributed by atoms with Gasteiger partial charge in [0, 0.05) is 0 Å². The highest BCUT2D eigenvalue weighted by Gasteiger charge is 2.28. The molecule has 0 spiro atoms. The maximum atomic E-state index is 10.3. The van der Waals surface area contributed by atoms with Gasteiger partial charge < -0.3 is 15.5 Å². The minimum atomic E-state index is -0.966. The predicted molar refractivity (Wildman–Crippen MR) is 34.7 cm³/mol. The second kappa shape index (κ2) is 2.98. The number of piperidine rings is 1. The number of aliphatic hydroxyl groups is 1. The van der Waals surface area contributed by atoms with E-state index >= 15 is 0 Å². The third kappa shape index (κ3) is 1.46. The Morgan fingerprint density at radius 1 is 1.60 bits per heavy atom. The number of hydrogen-bond acceptors (Lipinski definition) is 3. The number of aliphatic hydroxyl groups excluding tert-OH is 1. The molecule has 0 saturated carbocycles. The summed E-state index contributed by atoms with van der Waals surface area (Å²) in [5.41, 5.74) is 0. The lowest BCUT2D eigenvalue weighted by Crippen LogP contribution is -2.49. The van der Waals surface area contributed by atoms with E-state index in [2.05, 4.69) is 5.32 Å². The molecule has 0 unspecified atom stereocenters. The Morgan fingerprint density at radius 2 is 2.30 bits per heavy atom. The summed E-state index contributed by atoms with van der Waals surface area (Å²) < 4.78 is 0. The highest BCUT2D eigenvalue weighted by molar-refractivity contribution is 5.74. The zero-order valence-electron chi connectivity index (χ0n) is 5.58. The first kappa shape index (κ1) is 7.50. The van der Waals surface area contributed by atoms with Crippen LogP contribution in [-0.4, -0.2) is 34.9 Å². The molecule has 0 aromatic heterocycles. The van der Waals surface area contributed by atoms with Crippen molar-refractivity contribution in [3.63, 3.8) is 0 Å². The topological polar surface area (TPSA) is 69.6 Å². The maximum absolute atomic E-state index is 10.3. The molecule has 10 heavy (non-hydrogen) atoms. The Bertz CT molecular complexity index is 137. The maximum Gasteiger partial charge on any atom is 0.323 e. The number of carbonyl (C=O) groups is 1. The third-order valence-electron chi connectivity index (χ3n) is 1.69. The summed E-state index contributed by atoms with van der Waals surface area (Å²) in [6.07, 6.45) is 0.723. The third-order valence-corrected chi connectivity index (χ3v) is 1.69. The van der Waals surface area contributed by atoms with Gasteiger partial charge in [-0.3, -0.25) is 4.79 Å². The molecule has 1 aliphatic rings. The first-order valence-electron chi connectivity index (χ1n) is 3.36. The number of hydrogen-bond donors (Lipinski definition) is 3. The van der Waals surface area contributed by atoms with Crippen molar-refractivity contribution < 1.29 is 15.0 Å².